The van der Waals surface area contributed by atoms with E-state index >= 15 is 0 Å². The fourth-order valence-electron chi connectivity index (χ4n) is 3.26. The van der Waals surface area contributed by atoms with Gasteiger partial charge >= 0.3 is 0 Å². The van der Waals surface area contributed by atoms with Gasteiger partial charge in [-0.05, 0) is 43.2 Å². The van der Waals surface area contributed by atoms with E-state index in [9.17, 15) is 19.7 Å². The summed E-state index contributed by atoms with van der Waals surface area (Å²) in [5, 5.41) is 10.7. The van der Waals surface area contributed by atoms with E-state index in [4.69, 9.17) is 9.47 Å². The van der Waals surface area contributed by atoms with E-state index in [1.54, 1.807) is 12.1 Å². The second-order valence-corrected chi connectivity index (χ2v) is 6.42. The monoisotopic (exact) mass is 368 g/mol. The topological polar surface area (TPSA) is 99.0 Å². The molecular formula is C19H16N2O6. The number of hydrogen-bond acceptors (Lipinski definition) is 6. The van der Waals surface area contributed by atoms with Crippen molar-refractivity contribution in [2.75, 3.05) is 13.2 Å². The molecular weight excluding hydrogens is 352 g/mol. The molecule has 4 rings (SSSR count). The van der Waals surface area contributed by atoms with Crippen LogP contribution in [0.5, 0.6) is 11.5 Å². The SMILES string of the molecule is O=C1c2ccc(Oc3ccc([N+](=O)[O-])cc3)cc2C(=O)N1CC1CCCO1. The van der Waals surface area contributed by atoms with Gasteiger partial charge in [-0.1, -0.05) is 0 Å². The summed E-state index contributed by atoms with van der Waals surface area (Å²) in [6, 6.07) is 10.3. The number of carbonyl (C=O) groups is 2. The highest BCUT2D eigenvalue weighted by Gasteiger charge is 2.37. The zero-order chi connectivity index (χ0) is 19.0. The number of nitro groups is 1. The van der Waals surface area contributed by atoms with E-state index in [0.717, 1.165) is 12.8 Å². The first kappa shape index (κ1) is 17.2. The molecule has 0 N–H and O–H groups in total. The predicted octanol–water partition coefficient (Wildman–Crippen LogP) is 3.16. The number of carbonyl (C=O) groups excluding carboxylic acids is 2. The quantitative estimate of drug-likeness (QED) is 0.457. The molecule has 0 aliphatic carbocycles. The number of nitro benzene ring substituents is 1. The molecule has 0 bridgehead atoms. The molecule has 0 aromatic heterocycles. The molecule has 2 aliphatic heterocycles. The van der Waals surface area contributed by atoms with Gasteiger partial charge in [0.25, 0.3) is 17.5 Å². The van der Waals surface area contributed by atoms with Crippen LogP contribution in [0.1, 0.15) is 33.6 Å². The Bertz CT molecular complexity index is 918. The second-order valence-electron chi connectivity index (χ2n) is 6.42. The Hall–Kier alpha value is -3.26. The van der Waals surface area contributed by atoms with Gasteiger partial charge in [0, 0.05) is 18.7 Å². The maximum absolute atomic E-state index is 12.6. The fraction of sp³-hybridized carbons (Fsp3) is 0.263. The Kier molecular flexibility index (Phi) is 4.33. The van der Waals surface area contributed by atoms with Crippen molar-refractivity contribution >= 4 is 17.5 Å². The molecule has 138 valence electrons. The molecule has 2 heterocycles. The largest absolute Gasteiger partial charge is 0.457 e. The van der Waals surface area contributed by atoms with Crippen LogP contribution in [0.25, 0.3) is 0 Å². The lowest BCUT2D eigenvalue weighted by atomic mass is 10.1. The lowest BCUT2D eigenvalue weighted by molar-refractivity contribution is -0.384. The van der Waals surface area contributed by atoms with Crippen molar-refractivity contribution in [3.63, 3.8) is 0 Å². The molecule has 8 heteroatoms. The van der Waals surface area contributed by atoms with Crippen LogP contribution in [0.4, 0.5) is 5.69 Å². The Morgan fingerprint density at radius 1 is 1.07 bits per heavy atom. The smallest absolute Gasteiger partial charge is 0.269 e. The van der Waals surface area contributed by atoms with Gasteiger partial charge in [0.2, 0.25) is 0 Å². The van der Waals surface area contributed by atoms with Gasteiger partial charge in [-0.3, -0.25) is 24.6 Å². The number of nitrogens with zero attached hydrogens (tertiary/aromatic N) is 2. The minimum atomic E-state index is -0.494. The molecule has 1 unspecified atom stereocenters. The third kappa shape index (κ3) is 3.26. The fourth-order valence-corrected chi connectivity index (χ4v) is 3.26. The Morgan fingerprint density at radius 3 is 2.44 bits per heavy atom. The first-order valence-corrected chi connectivity index (χ1v) is 8.57. The van der Waals surface area contributed by atoms with Crippen LogP contribution in [0.15, 0.2) is 42.5 Å². The highest BCUT2D eigenvalue weighted by Crippen LogP contribution is 2.31. The molecule has 0 radical (unpaired) electrons. The third-order valence-electron chi connectivity index (χ3n) is 4.64. The van der Waals surface area contributed by atoms with Gasteiger partial charge < -0.3 is 9.47 Å². The van der Waals surface area contributed by atoms with Gasteiger partial charge in [-0.15, -0.1) is 0 Å². The van der Waals surface area contributed by atoms with Crippen LogP contribution in [0.3, 0.4) is 0 Å². The van der Waals surface area contributed by atoms with Crippen molar-refractivity contribution in [3.05, 3.63) is 63.7 Å². The molecule has 2 aromatic rings. The van der Waals surface area contributed by atoms with E-state index in [-0.39, 0.29) is 35.7 Å². The summed E-state index contributed by atoms with van der Waals surface area (Å²) < 4.78 is 11.2. The van der Waals surface area contributed by atoms with Crippen LogP contribution in [0.2, 0.25) is 0 Å². The van der Waals surface area contributed by atoms with Gasteiger partial charge in [-0.25, -0.2) is 0 Å². The summed E-state index contributed by atoms with van der Waals surface area (Å²) >= 11 is 0. The van der Waals surface area contributed by atoms with Crippen molar-refractivity contribution in [2.45, 2.75) is 18.9 Å². The molecule has 1 atom stereocenters. The predicted molar refractivity (Wildman–Crippen MR) is 94.0 cm³/mol. The molecule has 27 heavy (non-hydrogen) atoms. The maximum atomic E-state index is 12.6. The average molecular weight is 368 g/mol. The molecule has 2 aromatic carbocycles. The third-order valence-corrected chi connectivity index (χ3v) is 4.64. The van der Waals surface area contributed by atoms with Gasteiger partial charge in [0.1, 0.15) is 11.5 Å². The van der Waals surface area contributed by atoms with Crippen molar-refractivity contribution in [1.82, 2.24) is 4.90 Å². The second kappa shape index (κ2) is 6.81. The van der Waals surface area contributed by atoms with Crippen molar-refractivity contribution in [3.8, 4) is 11.5 Å². The van der Waals surface area contributed by atoms with Crippen molar-refractivity contribution in [1.29, 1.82) is 0 Å². The lowest BCUT2D eigenvalue weighted by Crippen LogP contribution is -2.36. The van der Waals surface area contributed by atoms with Crippen molar-refractivity contribution < 1.29 is 24.0 Å². The molecule has 1 fully saturated rings. The van der Waals surface area contributed by atoms with Gasteiger partial charge in [-0.2, -0.15) is 0 Å². The molecule has 2 aliphatic rings. The highest BCUT2D eigenvalue weighted by atomic mass is 16.6. The van der Waals surface area contributed by atoms with Crippen LogP contribution >= 0.6 is 0 Å². The number of amides is 2. The standard InChI is InChI=1S/C19H16N2O6/c22-18-16-8-7-14(27-13-5-3-12(4-6-13)21(24)25)10-17(16)19(23)20(18)11-15-2-1-9-26-15/h3-8,10,15H,1-2,9,11H2. The minimum absolute atomic E-state index is 0.0400. The van der Waals surface area contributed by atoms with Crippen LogP contribution in [-0.2, 0) is 4.74 Å². The molecule has 2 amide bonds. The average Bonchev–Trinajstić information content (AvgIpc) is 3.25. The Balaban J connectivity index is 1.52. The minimum Gasteiger partial charge on any atom is -0.457 e. The summed E-state index contributed by atoms with van der Waals surface area (Å²) in [6.07, 6.45) is 1.66. The first-order valence-electron chi connectivity index (χ1n) is 8.57. The van der Waals surface area contributed by atoms with E-state index < -0.39 is 4.92 Å². The highest BCUT2D eigenvalue weighted by molar-refractivity contribution is 6.21. The number of hydrogen-bond donors (Lipinski definition) is 0. The van der Waals surface area contributed by atoms with Crippen LogP contribution in [0, 0.1) is 10.1 Å². The van der Waals surface area contributed by atoms with E-state index in [1.807, 2.05) is 0 Å². The van der Waals surface area contributed by atoms with Crippen LogP contribution < -0.4 is 4.74 Å². The molecule has 1 saturated heterocycles. The number of rotatable bonds is 5. The Morgan fingerprint density at radius 2 is 1.78 bits per heavy atom. The number of fused-ring (bicyclic) bond motifs is 1. The molecule has 0 spiro atoms. The van der Waals surface area contributed by atoms with Gasteiger partial charge in [0.15, 0.2) is 0 Å². The summed E-state index contributed by atoms with van der Waals surface area (Å²) in [6.45, 7) is 0.909. The van der Waals surface area contributed by atoms with E-state index in [1.165, 1.54) is 35.2 Å². The number of imide groups is 1. The lowest BCUT2D eigenvalue weighted by Gasteiger charge is -2.17. The van der Waals surface area contributed by atoms with E-state index in [0.29, 0.717) is 23.7 Å². The molecule has 0 saturated carbocycles. The first-order chi connectivity index (χ1) is 13.0. The number of non-ortho nitro benzene ring substituents is 1. The van der Waals surface area contributed by atoms with E-state index in [2.05, 4.69) is 0 Å². The Labute approximate surface area is 154 Å². The zero-order valence-corrected chi connectivity index (χ0v) is 14.3. The van der Waals surface area contributed by atoms with Gasteiger partial charge in [0.05, 0.1) is 28.7 Å². The number of ether oxygens (including phenoxy) is 2. The summed E-state index contributed by atoms with van der Waals surface area (Å²) in [5.74, 6) is 0.0864. The van der Waals surface area contributed by atoms with Crippen LogP contribution in [-0.4, -0.2) is 40.9 Å². The van der Waals surface area contributed by atoms with Crippen molar-refractivity contribution in [2.24, 2.45) is 0 Å². The summed E-state index contributed by atoms with van der Waals surface area (Å²) in [7, 11) is 0. The number of benzene rings is 2. The normalized spacial score (nSPS) is 18.7. The zero-order valence-electron chi connectivity index (χ0n) is 14.3. The summed E-state index contributed by atoms with van der Waals surface area (Å²) in [5.41, 5.74) is 0.591. The maximum Gasteiger partial charge on any atom is 0.269 e. The summed E-state index contributed by atoms with van der Waals surface area (Å²) in [4.78, 5) is 36.6. The molecule has 8 nitrogen and oxygen atoms in total.